The van der Waals surface area contributed by atoms with Gasteiger partial charge in [0.25, 0.3) is 0 Å². The van der Waals surface area contributed by atoms with E-state index in [1.54, 1.807) is 13.3 Å². The average Bonchev–Trinajstić information content (AvgIpc) is 2.73. The molecule has 0 bridgehead atoms. The number of likely N-dealkylation sites (tertiary alicyclic amines) is 1. The monoisotopic (exact) mass is 382 g/mol. The molecule has 3 rings (SSSR count). The maximum atomic E-state index is 12.8. The lowest BCUT2D eigenvalue weighted by Crippen LogP contribution is -2.51. The number of hydrogen-bond acceptors (Lipinski definition) is 4. The number of nitrogens with zero attached hydrogens (tertiary/aromatic N) is 3. The fourth-order valence-corrected chi connectivity index (χ4v) is 3.65. The van der Waals surface area contributed by atoms with Crippen LogP contribution in [-0.4, -0.2) is 53.6 Å². The second kappa shape index (κ2) is 10.1. The highest BCUT2D eigenvalue weighted by Crippen LogP contribution is 2.16. The van der Waals surface area contributed by atoms with E-state index in [2.05, 4.69) is 21.3 Å². The van der Waals surface area contributed by atoms with Gasteiger partial charge in [-0.2, -0.15) is 0 Å². The number of methoxy groups -OCH3 is 1. The summed E-state index contributed by atoms with van der Waals surface area (Å²) in [5, 5.41) is 3.23. The van der Waals surface area contributed by atoms with E-state index in [9.17, 15) is 4.79 Å². The third-order valence-corrected chi connectivity index (χ3v) is 5.14. The lowest BCUT2D eigenvalue weighted by atomic mass is 10.1. The van der Waals surface area contributed by atoms with Gasteiger partial charge in [-0.3, -0.25) is 9.88 Å². The number of amides is 2. The van der Waals surface area contributed by atoms with Crippen LogP contribution < -0.4 is 10.1 Å². The number of rotatable bonds is 7. The topological polar surface area (TPSA) is 57.7 Å². The molecule has 0 spiro atoms. The van der Waals surface area contributed by atoms with Crippen LogP contribution in [0.25, 0.3) is 0 Å². The summed E-state index contributed by atoms with van der Waals surface area (Å²) in [6.45, 7) is 6.05. The molecule has 2 heterocycles. The quantitative estimate of drug-likeness (QED) is 0.798. The molecule has 2 aromatic rings. The highest BCUT2D eigenvalue weighted by Gasteiger charge is 2.23. The molecule has 1 aromatic heterocycles. The van der Waals surface area contributed by atoms with Gasteiger partial charge in [-0.25, -0.2) is 4.79 Å². The number of pyridine rings is 1. The molecule has 1 aliphatic heterocycles. The number of carbonyl (C=O) groups excluding carboxylic acids is 1. The second-order valence-electron chi connectivity index (χ2n) is 7.25. The van der Waals surface area contributed by atoms with E-state index >= 15 is 0 Å². The maximum Gasteiger partial charge on any atom is 0.317 e. The molecule has 1 aliphatic rings. The summed E-state index contributed by atoms with van der Waals surface area (Å²) in [5.74, 6) is 0.812. The molecule has 6 heteroatoms. The normalized spacial score (nSPS) is 17.1. The van der Waals surface area contributed by atoms with Crippen molar-refractivity contribution in [1.29, 1.82) is 0 Å². The zero-order valence-electron chi connectivity index (χ0n) is 16.8. The number of piperidine rings is 1. The van der Waals surface area contributed by atoms with E-state index in [-0.39, 0.29) is 12.1 Å². The molecule has 0 saturated carbocycles. The summed E-state index contributed by atoms with van der Waals surface area (Å²) in [6.07, 6.45) is 5.82. The van der Waals surface area contributed by atoms with Crippen molar-refractivity contribution in [2.75, 3.05) is 26.7 Å². The molecule has 2 amide bonds. The molecule has 1 unspecified atom stereocenters. The maximum absolute atomic E-state index is 12.8. The Balaban J connectivity index is 1.54. The van der Waals surface area contributed by atoms with Crippen molar-refractivity contribution >= 4 is 6.03 Å². The lowest BCUT2D eigenvalue weighted by Gasteiger charge is -2.34. The molecule has 150 valence electrons. The summed E-state index contributed by atoms with van der Waals surface area (Å²) >= 11 is 0. The van der Waals surface area contributed by atoms with Crippen molar-refractivity contribution in [2.45, 2.75) is 38.9 Å². The van der Waals surface area contributed by atoms with Crippen LogP contribution in [-0.2, 0) is 13.1 Å². The minimum absolute atomic E-state index is 0.00134. The third-order valence-electron chi connectivity index (χ3n) is 5.14. The standard InChI is InChI=1S/C22H30N4O2/c1-3-26(16-18-7-4-10-21(13-18)28-2)22(27)24-20-9-6-12-25(17-20)15-19-8-5-11-23-14-19/h4-5,7-8,10-11,13-14,20H,3,6,9,12,15-17H2,1-2H3,(H,24,27). The highest BCUT2D eigenvalue weighted by atomic mass is 16.5. The van der Waals surface area contributed by atoms with Crippen LogP contribution in [0.3, 0.4) is 0 Å². The molecule has 6 nitrogen and oxygen atoms in total. The Hall–Kier alpha value is -2.60. The van der Waals surface area contributed by atoms with Crippen molar-refractivity contribution in [2.24, 2.45) is 0 Å². The zero-order valence-corrected chi connectivity index (χ0v) is 16.8. The summed E-state index contributed by atoms with van der Waals surface area (Å²) in [6, 6.07) is 12.1. The number of aromatic nitrogens is 1. The van der Waals surface area contributed by atoms with Gasteiger partial charge >= 0.3 is 6.03 Å². The minimum atomic E-state index is -0.00134. The van der Waals surface area contributed by atoms with E-state index in [0.29, 0.717) is 13.1 Å². The second-order valence-corrected chi connectivity index (χ2v) is 7.25. The SMILES string of the molecule is CCN(Cc1cccc(OC)c1)C(=O)NC1CCCN(Cc2cccnc2)C1. The summed E-state index contributed by atoms with van der Waals surface area (Å²) in [5.41, 5.74) is 2.28. The summed E-state index contributed by atoms with van der Waals surface area (Å²) in [4.78, 5) is 21.2. The largest absolute Gasteiger partial charge is 0.497 e. The van der Waals surface area contributed by atoms with E-state index in [1.165, 1.54) is 5.56 Å². The summed E-state index contributed by atoms with van der Waals surface area (Å²) < 4.78 is 5.28. The number of benzene rings is 1. The fourth-order valence-electron chi connectivity index (χ4n) is 3.65. The fraction of sp³-hybridized carbons (Fsp3) is 0.455. The Morgan fingerprint density at radius 3 is 2.93 bits per heavy atom. The molecule has 28 heavy (non-hydrogen) atoms. The van der Waals surface area contributed by atoms with Gasteiger partial charge in [-0.05, 0) is 55.6 Å². The molecule has 1 saturated heterocycles. The first-order valence-corrected chi connectivity index (χ1v) is 9.97. The molecule has 1 N–H and O–H groups in total. The van der Waals surface area contributed by atoms with E-state index < -0.39 is 0 Å². The Kier molecular flexibility index (Phi) is 7.25. The van der Waals surface area contributed by atoms with Gasteiger partial charge in [-0.15, -0.1) is 0 Å². The van der Waals surface area contributed by atoms with Crippen LogP contribution in [0.5, 0.6) is 5.75 Å². The van der Waals surface area contributed by atoms with Gasteiger partial charge in [-0.1, -0.05) is 18.2 Å². The third kappa shape index (κ3) is 5.70. The van der Waals surface area contributed by atoms with Crippen LogP contribution in [0.1, 0.15) is 30.9 Å². The van der Waals surface area contributed by atoms with Crippen LogP contribution in [0.2, 0.25) is 0 Å². The van der Waals surface area contributed by atoms with E-state index in [4.69, 9.17) is 4.74 Å². The van der Waals surface area contributed by atoms with Crippen molar-refractivity contribution in [1.82, 2.24) is 20.1 Å². The van der Waals surface area contributed by atoms with Crippen LogP contribution in [0, 0.1) is 0 Å². The Morgan fingerprint density at radius 1 is 1.32 bits per heavy atom. The lowest BCUT2D eigenvalue weighted by molar-refractivity contribution is 0.163. The first-order chi connectivity index (χ1) is 13.7. The van der Waals surface area contributed by atoms with Crippen LogP contribution in [0.15, 0.2) is 48.8 Å². The number of hydrogen-bond donors (Lipinski definition) is 1. The number of urea groups is 1. The minimum Gasteiger partial charge on any atom is -0.497 e. The number of nitrogens with one attached hydrogen (secondary N) is 1. The van der Waals surface area contributed by atoms with Crippen LogP contribution >= 0.6 is 0 Å². The smallest absolute Gasteiger partial charge is 0.317 e. The van der Waals surface area contributed by atoms with Crippen molar-refractivity contribution < 1.29 is 9.53 Å². The van der Waals surface area contributed by atoms with Crippen LogP contribution in [0.4, 0.5) is 4.79 Å². The van der Waals surface area contributed by atoms with Crippen molar-refractivity contribution in [3.63, 3.8) is 0 Å². The predicted octanol–water partition coefficient (Wildman–Crippen LogP) is 3.29. The predicted molar refractivity (Wildman–Crippen MR) is 110 cm³/mol. The van der Waals surface area contributed by atoms with Gasteiger partial charge in [0.05, 0.1) is 7.11 Å². The first kappa shape index (κ1) is 20.1. The zero-order chi connectivity index (χ0) is 19.8. The number of carbonyl (C=O) groups is 1. The molecule has 0 radical (unpaired) electrons. The average molecular weight is 383 g/mol. The molecule has 1 atom stereocenters. The molecule has 1 fully saturated rings. The van der Waals surface area contributed by atoms with Crippen molar-refractivity contribution in [3.05, 3.63) is 59.9 Å². The Labute approximate surface area is 167 Å². The van der Waals surface area contributed by atoms with Gasteiger partial charge in [0.1, 0.15) is 5.75 Å². The number of ether oxygens (including phenoxy) is 1. The van der Waals surface area contributed by atoms with Gasteiger partial charge in [0.15, 0.2) is 0 Å². The van der Waals surface area contributed by atoms with Gasteiger partial charge < -0.3 is 15.0 Å². The van der Waals surface area contributed by atoms with E-state index in [1.807, 2.05) is 48.4 Å². The molecular formula is C22H30N4O2. The Morgan fingerprint density at radius 2 is 2.18 bits per heavy atom. The Bertz CT molecular complexity index is 753. The van der Waals surface area contributed by atoms with Gasteiger partial charge in [0.2, 0.25) is 0 Å². The van der Waals surface area contributed by atoms with E-state index in [0.717, 1.165) is 43.8 Å². The van der Waals surface area contributed by atoms with Crippen molar-refractivity contribution in [3.8, 4) is 5.75 Å². The molecule has 0 aliphatic carbocycles. The molecular weight excluding hydrogens is 352 g/mol. The highest BCUT2D eigenvalue weighted by molar-refractivity contribution is 5.74. The van der Waals surface area contributed by atoms with Gasteiger partial charge in [0, 0.05) is 44.6 Å². The molecule has 1 aromatic carbocycles. The first-order valence-electron chi connectivity index (χ1n) is 9.97. The summed E-state index contributed by atoms with van der Waals surface area (Å²) in [7, 11) is 1.66.